The number of H-pyrrole nitrogens is 1. The Morgan fingerprint density at radius 3 is 3.05 bits per heavy atom. The zero-order chi connectivity index (χ0) is 13.1. The maximum absolute atomic E-state index is 5.85. The van der Waals surface area contributed by atoms with Crippen LogP contribution in [-0.4, -0.2) is 31.5 Å². The van der Waals surface area contributed by atoms with Crippen molar-refractivity contribution in [2.75, 3.05) is 6.54 Å². The standard InChI is InChI=1S/C12H12N6S/c13-4-9(8-2-1-3-14-5-8)19-12-10-11(16-6-15-10)17-7-18-12/h1-3,5-7,9H,4,13H2,(H,15,16,17,18). The number of nitrogens with zero attached hydrogens (tertiary/aromatic N) is 4. The summed E-state index contributed by atoms with van der Waals surface area (Å²) < 4.78 is 0. The Balaban J connectivity index is 1.93. The SMILES string of the molecule is NCC(Sc1ncnc2nc[nH]c12)c1cccnc1. The fourth-order valence-corrected chi connectivity index (χ4v) is 2.80. The maximum atomic E-state index is 5.85. The van der Waals surface area contributed by atoms with Gasteiger partial charge in [0.25, 0.3) is 0 Å². The molecule has 6 nitrogen and oxygen atoms in total. The van der Waals surface area contributed by atoms with Crippen molar-refractivity contribution in [3.8, 4) is 0 Å². The second-order valence-electron chi connectivity index (χ2n) is 3.91. The molecule has 3 aromatic heterocycles. The number of imidazole rings is 1. The number of aromatic amines is 1. The van der Waals surface area contributed by atoms with E-state index in [0.29, 0.717) is 12.2 Å². The van der Waals surface area contributed by atoms with Crippen molar-refractivity contribution in [3.05, 3.63) is 42.7 Å². The maximum Gasteiger partial charge on any atom is 0.181 e. The van der Waals surface area contributed by atoms with Crippen LogP contribution in [-0.2, 0) is 0 Å². The lowest BCUT2D eigenvalue weighted by atomic mass is 10.2. The Bertz CT molecular complexity index is 668. The zero-order valence-corrected chi connectivity index (χ0v) is 10.8. The van der Waals surface area contributed by atoms with Crippen LogP contribution < -0.4 is 5.73 Å². The summed E-state index contributed by atoms with van der Waals surface area (Å²) in [4.78, 5) is 19.7. The molecule has 3 heterocycles. The van der Waals surface area contributed by atoms with Crippen molar-refractivity contribution in [1.29, 1.82) is 0 Å². The summed E-state index contributed by atoms with van der Waals surface area (Å²) >= 11 is 1.59. The van der Waals surface area contributed by atoms with Crippen molar-refractivity contribution >= 4 is 22.9 Å². The van der Waals surface area contributed by atoms with Gasteiger partial charge in [-0.25, -0.2) is 15.0 Å². The van der Waals surface area contributed by atoms with E-state index in [0.717, 1.165) is 16.1 Å². The summed E-state index contributed by atoms with van der Waals surface area (Å²) in [6.07, 6.45) is 6.71. The molecule has 96 valence electrons. The average Bonchev–Trinajstić information content (AvgIpc) is 2.95. The molecule has 0 saturated heterocycles. The topological polar surface area (TPSA) is 93.4 Å². The van der Waals surface area contributed by atoms with Crippen LogP contribution in [0.25, 0.3) is 11.2 Å². The van der Waals surface area contributed by atoms with E-state index in [2.05, 4.69) is 24.9 Å². The van der Waals surface area contributed by atoms with Gasteiger partial charge < -0.3 is 10.7 Å². The van der Waals surface area contributed by atoms with Gasteiger partial charge >= 0.3 is 0 Å². The minimum Gasteiger partial charge on any atom is -0.341 e. The lowest BCUT2D eigenvalue weighted by molar-refractivity contribution is 0.926. The van der Waals surface area contributed by atoms with Gasteiger partial charge in [-0.2, -0.15) is 0 Å². The molecule has 7 heteroatoms. The minimum absolute atomic E-state index is 0.107. The van der Waals surface area contributed by atoms with E-state index < -0.39 is 0 Å². The monoisotopic (exact) mass is 272 g/mol. The highest BCUT2D eigenvalue weighted by atomic mass is 32.2. The molecule has 3 N–H and O–H groups in total. The summed E-state index contributed by atoms with van der Waals surface area (Å²) in [5, 5.41) is 0.955. The summed E-state index contributed by atoms with van der Waals surface area (Å²) in [5.74, 6) is 0. The van der Waals surface area contributed by atoms with E-state index >= 15 is 0 Å². The zero-order valence-electron chi connectivity index (χ0n) is 10.0. The van der Waals surface area contributed by atoms with E-state index in [1.165, 1.54) is 6.33 Å². The predicted octanol–water partition coefficient (Wildman–Crippen LogP) is 1.54. The van der Waals surface area contributed by atoms with Crippen LogP contribution in [0.15, 0.2) is 42.2 Å². The summed E-state index contributed by atoms with van der Waals surface area (Å²) in [7, 11) is 0. The van der Waals surface area contributed by atoms with Gasteiger partial charge in [0.1, 0.15) is 16.9 Å². The number of aromatic nitrogens is 5. The van der Waals surface area contributed by atoms with Gasteiger partial charge in [-0.15, -0.1) is 0 Å². The highest BCUT2D eigenvalue weighted by Crippen LogP contribution is 2.35. The van der Waals surface area contributed by atoms with Crippen LogP contribution >= 0.6 is 11.8 Å². The highest BCUT2D eigenvalue weighted by molar-refractivity contribution is 7.99. The van der Waals surface area contributed by atoms with E-state index in [1.807, 2.05) is 18.3 Å². The lowest BCUT2D eigenvalue weighted by Gasteiger charge is -2.13. The Hall–Kier alpha value is -1.99. The Labute approximate surface area is 113 Å². The van der Waals surface area contributed by atoms with Crippen molar-refractivity contribution in [2.24, 2.45) is 5.73 Å². The molecule has 0 amide bonds. The lowest BCUT2D eigenvalue weighted by Crippen LogP contribution is -2.09. The normalized spacial score (nSPS) is 12.7. The minimum atomic E-state index is 0.107. The smallest absolute Gasteiger partial charge is 0.181 e. The first-order valence-electron chi connectivity index (χ1n) is 5.79. The summed E-state index contributed by atoms with van der Waals surface area (Å²) in [5.41, 5.74) is 8.45. The fourth-order valence-electron chi connectivity index (χ4n) is 1.79. The molecule has 0 aliphatic rings. The first kappa shape index (κ1) is 12.1. The molecule has 19 heavy (non-hydrogen) atoms. The third kappa shape index (κ3) is 2.42. The van der Waals surface area contributed by atoms with Crippen LogP contribution in [0.2, 0.25) is 0 Å². The molecule has 0 aliphatic heterocycles. The number of fused-ring (bicyclic) bond motifs is 1. The average molecular weight is 272 g/mol. The van der Waals surface area contributed by atoms with Crippen LogP contribution in [0, 0.1) is 0 Å². The van der Waals surface area contributed by atoms with Crippen molar-refractivity contribution in [3.63, 3.8) is 0 Å². The molecular weight excluding hydrogens is 260 g/mol. The van der Waals surface area contributed by atoms with Gasteiger partial charge in [-0.3, -0.25) is 4.98 Å². The molecule has 1 unspecified atom stereocenters. The molecule has 0 fully saturated rings. The van der Waals surface area contributed by atoms with Gasteiger partial charge in [0.05, 0.1) is 6.33 Å². The largest absolute Gasteiger partial charge is 0.341 e. The molecule has 1 atom stereocenters. The number of thioether (sulfide) groups is 1. The second-order valence-corrected chi connectivity index (χ2v) is 5.10. The molecule has 0 spiro atoms. The van der Waals surface area contributed by atoms with Crippen molar-refractivity contribution in [1.82, 2.24) is 24.9 Å². The van der Waals surface area contributed by atoms with Crippen molar-refractivity contribution < 1.29 is 0 Å². The number of rotatable bonds is 4. The number of nitrogens with one attached hydrogen (secondary N) is 1. The van der Waals surface area contributed by atoms with Gasteiger partial charge in [0.2, 0.25) is 0 Å². The van der Waals surface area contributed by atoms with Crippen LogP contribution in [0.1, 0.15) is 10.8 Å². The van der Waals surface area contributed by atoms with Crippen LogP contribution in [0.4, 0.5) is 0 Å². The molecule has 0 bridgehead atoms. The first-order chi connectivity index (χ1) is 9.38. The Morgan fingerprint density at radius 1 is 1.32 bits per heavy atom. The number of pyridine rings is 1. The molecule has 3 rings (SSSR count). The third-order valence-corrected chi connectivity index (χ3v) is 3.99. The van der Waals surface area contributed by atoms with E-state index in [1.54, 1.807) is 24.3 Å². The Kier molecular flexibility index (Phi) is 3.39. The van der Waals surface area contributed by atoms with Gasteiger partial charge in [-0.05, 0) is 11.6 Å². The molecular formula is C12H12N6S. The van der Waals surface area contributed by atoms with E-state index in [-0.39, 0.29) is 5.25 Å². The summed E-state index contributed by atoms with van der Waals surface area (Å²) in [6.45, 7) is 0.510. The van der Waals surface area contributed by atoms with E-state index in [9.17, 15) is 0 Å². The Morgan fingerprint density at radius 2 is 2.26 bits per heavy atom. The molecule has 0 saturated carbocycles. The van der Waals surface area contributed by atoms with Gasteiger partial charge in [-0.1, -0.05) is 17.8 Å². The van der Waals surface area contributed by atoms with E-state index in [4.69, 9.17) is 5.73 Å². The highest BCUT2D eigenvalue weighted by Gasteiger charge is 2.15. The molecule has 3 aromatic rings. The first-order valence-corrected chi connectivity index (χ1v) is 6.67. The molecule has 0 aromatic carbocycles. The van der Waals surface area contributed by atoms with Crippen LogP contribution in [0.3, 0.4) is 0 Å². The van der Waals surface area contributed by atoms with Gasteiger partial charge in [0, 0.05) is 24.2 Å². The summed E-state index contributed by atoms with van der Waals surface area (Å²) in [6, 6.07) is 3.92. The predicted molar refractivity (Wildman–Crippen MR) is 73.6 cm³/mol. The quantitative estimate of drug-likeness (QED) is 0.552. The third-order valence-electron chi connectivity index (χ3n) is 2.71. The van der Waals surface area contributed by atoms with Crippen LogP contribution in [0.5, 0.6) is 0 Å². The number of hydrogen-bond acceptors (Lipinski definition) is 6. The second kappa shape index (κ2) is 5.33. The fraction of sp³-hybridized carbons (Fsp3) is 0.167. The van der Waals surface area contributed by atoms with Crippen molar-refractivity contribution in [2.45, 2.75) is 10.3 Å². The number of hydrogen-bond donors (Lipinski definition) is 2. The number of nitrogens with two attached hydrogens (primary N) is 1. The molecule has 0 radical (unpaired) electrons. The molecule has 0 aliphatic carbocycles. The van der Waals surface area contributed by atoms with Gasteiger partial charge in [0.15, 0.2) is 5.65 Å².